The number of halogens is 1. The van der Waals surface area contributed by atoms with Gasteiger partial charge in [0.1, 0.15) is 0 Å². The molecule has 0 aromatic heterocycles. The minimum absolute atomic E-state index is 0.0717. The molecule has 2 unspecified atom stereocenters. The van der Waals surface area contributed by atoms with Crippen molar-refractivity contribution in [3.63, 3.8) is 0 Å². The van der Waals surface area contributed by atoms with E-state index in [0.29, 0.717) is 23.7 Å². The normalized spacial score (nSPS) is 24.7. The second-order valence-corrected chi connectivity index (χ2v) is 7.78. The molecule has 0 radical (unpaired) electrons. The van der Waals surface area contributed by atoms with Crippen LogP contribution in [0.25, 0.3) is 5.57 Å². The van der Waals surface area contributed by atoms with Crippen molar-refractivity contribution in [2.24, 2.45) is 5.92 Å². The molecule has 0 saturated heterocycles. The fraction of sp³-hybridized carbons (Fsp3) is 0.364. The second-order valence-electron chi connectivity index (χ2n) is 7.34. The van der Waals surface area contributed by atoms with Crippen LogP contribution in [-0.2, 0) is 14.3 Å². The first kappa shape index (κ1) is 19.7. The van der Waals surface area contributed by atoms with Crippen LogP contribution in [0.2, 0.25) is 5.02 Å². The van der Waals surface area contributed by atoms with Gasteiger partial charge in [-0.15, -0.1) is 0 Å². The van der Waals surface area contributed by atoms with Gasteiger partial charge in [0.2, 0.25) is 5.91 Å². The van der Waals surface area contributed by atoms with Gasteiger partial charge in [0.25, 0.3) is 5.91 Å². The summed E-state index contributed by atoms with van der Waals surface area (Å²) in [5.41, 5.74) is 3.92. The number of nitrogens with one attached hydrogen (secondary N) is 2. The van der Waals surface area contributed by atoms with E-state index in [0.717, 1.165) is 35.5 Å². The maximum Gasteiger partial charge on any atom is 0.256 e. The van der Waals surface area contributed by atoms with Gasteiger partial charge in [-0.25, -0.2) is 0 Å². The van der Waals surface area contributed by atoms with Gasteiger partial charge < -0.3 is 15.4 Å². The number of carbonyl (C=O) groups excluding carboxylic acids is 2. The summed E-state index contributed by atoms with van der Waals surface area (Å²) in [6.45, 7) is 6.43. The molecule has 1 aromatic carbocycles. The Kier molecular flexibility index (Phi) is 5.48. The molecule has 0 saturated carbocycles. The van der Waals surface area contributed by atoms with Crippen LogP contribution in [0.5, 0.6) is 0 Å². The molecule has 2 N–H and O–H groups in total. The van der Waals surface area contributed by atoms with E-state index in [2.05, 4.69) is 15.5 Å². The van der Waals surface area contributed by atoms with Gasteiger partial charge in [0.15, 0.2) is 0 Å². The van der Waals surface area contributed by atoms with E-state index in [1.807, 2.05) is 26.0 Å². The number of anilines is 1. The van der Waals surface area contributed by atoms with Crippen molar-refractivity contribution in [3.8, 4) is 0 Å². The number of hydrogen-bond donors (Lipinski definition) is 2. The quantitative estimate of drug-likeness (QED) is 0.728. The molecule has 1 aromatic rings. The Morgan fingerprint density at radius 3 is 2.90 bits per heavy atom. The highest BCUT2D eigenvalue weighted by Crippen LogP contribution is 2.43. The average molecular weight is 414 g/mol. The zero-order valence-corrected chi connectivity index (χ0v) is 17.3. The number of nitrogens with zero attached hydrogens (tertiary/aromatic N) is 1. The van der Waals surface area contributed by atoms with Gasteiger partial charge in [-0.05, 0) is 42.4 Å². The largest absolute Gasteiger partial charge is 0.500 e. The molecule has 2 aliphatic heterocycles. The number of allylic oxidation sites excluding steroid dienone is 1. The van der Waals surface area contributed by atoms with E-state index in [4.69, 9.17) is 16.3 Å². The molecule has 0 spiro atoms. The Hall–Kier alpha value is -2.57. The fourth-order valence-corrected chi connectivity index (χ4v) is 4.29. The zero-order valence-electron chi connectivity index (χ0n) is 16.5. The van der Waals surface area contributed by atoms with Gasteiger partial charge in [-0.1, -0.05) is 37.6 Å². The highest BCUT2D eigenvalue weighted by molar-refractivity contribution is 6.35. The molecule has 29 heavy (non-hydrogen) atoms. The third-order valence-electron chi connectivity index (χ3n) is 5.67. The van der Waals surface area contributed by atoms with Gasteiger partial charge in [-0.3, -0.25) is 14.5 Å². The molecule has 0 bridgehead atoms. The monoisotopic (exact) mass is 413 g/mol. The minimum Gasteiger partial charge on any atom is -0.500 e. The summed E-state index contributed by atoms with van der Waals surface area (Å²) in [5, 5.41) is 6.58. The summed E-state index contributed by atoms with van der Waals surface area (Å²) in [6, 6.07) is 4.97. The van der Waals surface area contributed by atoms with Crippen LogP contribution >= 0.6 is 11.6 Å². The highest BCUT2D eigenvalue weighted by atomic mass is 35.5. The summed E-state index contributed by atoms with van der Waals surface area (Å²) in [7, 11) is 0. The molecule has 2 atom stereocenters. The molecule has 3 aliphatic rings. The Morgan fingerprint density at radius 1 is 1.34 bits per heavy atom. The lowest BCUT2D eigenvalue weighted by molar-refractivity contribution is -0.122. The van der Waals surface area contributed by atoms with E-state index in [1.165, 1.54) is 0 Å². The van der Waals surface area contributed by atoms with Crippen molar-refractivity contribution < 1.29 is 14.3 Å². The molecular formula is C22H24ClN3O3. The standard InChI is InChI=1S/C22H24ClN3O3/c1-3-26(4-2)10-19(27)24-18-7-5-13-11-29-12-16(13)20(18)21-15-9-14(23)6-8-17(15)25-22(21)28/h5-9,11,16,18H,3-4,10,12H2,1-2H3,(H,24,27)(H,25,28). The Balaban J connectivity index is 1.74. The van der Waals surface area contributed by atoms with Gasteiger partial charge in [0.05, 0.1) is 31.0 Å². The number of rotatable bonds is 5. The zero-order chi connectivity index (χ0) is 20.5. The van der Waals surface area contributed by atoms with Crippen LogP contribution in [0.15, 0.2) is 47.8 Å². The number of amides is 2. The number of hydrogen-bond acceptors (Lipinski definition) is 4. The molecule has 6 nitrogen and oxygen atoms in total. The first-order valence-electron chi connectivity index (χ1n) is 9.88. The summed E-state index contributed by atoms with van der Waals surface area (Å²) < 4.78 is 5.55. The van der Waals surface area contributed by atoms with Crippen LogP contribution in [-0.4, -0.2) is 49.0 Å². The molecule has 2 amide bonds. The Bertz CT molecular complexity index is 947. The van der Waals surface area contributed by atoms with E-state index in [1.54, 1.807) is 24.5 Å². The molecule has 4 rings (SSSR count). The first-order chi connectivity index (χ1) is 14.0. The number of likely N-dealkylation sites (N-methyl/N-ethyl adjacent to an activating group) is 1. The second kappa shape index (κ2) is 8.05. The van der Waals surface area contributed by atoms with Crippen molar-refractivity contribution in [2.45, 2.75) is 19.9 Å². The van der Waals surface area contributed by atoms with Crippen molar-refractivity contribution in [1.82, 2.24) is 10.2 Å². The maximum atomic E-state index is 12.9. The average Bonchev–Trinajstić information content (AvgIpc) is 3.30. The number of benzene rings is 1. The Morgan fingerprint density at radius 2 is 2.14 bits per heavy atom. The lowest BCUT2D eigenvalue weighted by atomic mass is 9.79. The van der Waals surface area contributed by atoms with Crippen molar-refractivity contribution in [3.05, 3.63) is 58.3 Å². The molecule has 0 fully saturated rings. The summed E-state index contributed by atoms with van der Waals surface area (Å²) in [5.74, 6) is -0.330. The fourth-order valence-electron chi connectivity index (χ4n) is 4.12. The summed E-state index contributed by atoms with van der Waals surface area (Å²) in [6.07, 6.45) is 5.62. The summed E-state index contributed by atoms with van der Waals surface area (Å²) in [4.78, 5) is 27.7. The molecule has 7 heteroatoms. The number of ether oxygens (including phenoxy) is 1. The van der Waals surface area contributed by atoms with Crippen LogP contribution in [0.3, 0.4) is 0 Å². The van der Waals surface area contributed by atoms with E-state index in [9.17, 15) is 9.59 Å². The predicted molar refractivity (Wildman–Crippen MR) is 113 cm³/mol. The molecule has 2 heterocycles. The molecule has 1 aliphatic carbocycles. The lowest BCUT2D eigenvalue weighted by Crippen LogP contribution is -2.44. The van der Waals surface area contributed by atoms with Crippen molar-refractivity contribution in [2.75, 3.05) is 31.6 Å². The predicted octanol–water partition coefficient (Wildman–Crippen LogP) is 2.97. The maximum absolute atomic E-state index is 12.9. The van der Waals surface area contributed by atoms with E-state index in [-0.39, 0.29) is 23.8 Å². The Labute approximate surface area is 175 Å². The minimum atomic E-state index is -0.382. The van der Waals surface area contributed by atoms with Crippen LogP contribution in [0.1, 0.15) is 19.4 Å². The van der Waals surface area contributed by atoms with Gasteiger partial charge in [0, 0.05) is 22.2 Å². The van der Waals surface area contributed by atoms with Crippen LogP contribution in [0, 0.1) is 5.92 Å². The third kappa shape index (κ3) is 3.70. The SMILES string of the molecule is CCN(CC)CC(=O)NC1C=CC2=COCC2C1=C1C(=O)Nc2ccc(Cl)cc21. The van der Waals surface area contributed by atoms with E-state index >= 15 is 0 Å². The van der Waals surface area contributed by atoms with E-state index < -0.39 is 0 Å². The molecular weight excluding hydrogens is 390 g/mol. The van der Waals surface area contributed by atoms with Crippen molar-refractivity contribution >= 4 is 34.7 Å². The third-order valence-corrected chi connectivity index (χ3v) is 5.90. The van der Waals surface area contributed by atoms with Crippen LogP contribution < -0.4 is 10.6 Å². The smallest absolute Gasteiger partial charge is 0.256 e. The lowest BCUT2D eigenvalue weighted by Gasteiger charge is -2.30. The van der Waals surface area contributed by atoms with Gasteiger partial charge >= 0.3 is 0 Å². The first-order valence-corrected chi connectivity index (χ1v) is 10.3. The van der Waals surface area contributed by atoms with Crippen LogP contribution in [0.4, 0.5) is 5.69 Å². The summed E-state index contributed by atoms with van der Waals surface area (Å²) >= 11 is 6.21. The number of carbonyl (C=O) groups is 2. The number of fused-ring (bicyclic) bond motifs is 2. The van der Waals surface area contributed by atoms with Gasteiger partial charge in [-0.2, -0.15) is 0 Å². The molecule has 152 valence electrons. The topological polar surface area (TPSA) is 70.7 Å². The highest BCUT2D eigenvalue weighted by Gasteiger charge is 2.39. The van der Waals surface area contributed by atoms with Crippen molar-refractivity contribution in [1.29, 1.82) is 0 Å².